The van der Waals surface area contributed by atoms with Crippen LogP contribution in [-0.2, 0) is 25.6 Å². The SMILES string of the molecule is COC1(C(=O)N2CCC3(CC2)CC(Cn2cnc4ccccc42)OC3=O)CCNCC1.Cl.Cl. The topological polar surface area (TPSA) is 85.7 Å². The molecule has 0 saturated carbocycles. The van der Waals surface area contributed by atoms with E-state index in [0.29, 0.717) is 51.7 Å². The molecule has 5 rings (SSSR count). The minimum absolute atomic E-state index is 0. The van der Waals surface area contributed by atoms with Gasteiger partial charge in [0.25, 0.3) is 5.91 Å². The molecule has 182 valence electrons. The van der Waals surface area contributed by atoms with Crippen molar-refractivity contribution in [3.8, 4) is 0 Å². The zero-order valence-corrected chi connectivity index (χ0v) is 20.5. The van der Waals surface area contributed by atoms with Crippen LogP contribution < -0.4 is 5.32 Å². The van der Waals surface area contributed by atoms with E-state index in [2.05, 4.69) is 14.9 Å². The van der Waals surface area contributed by atoms with Crippen LogP contribution in [0.1, 0.15) is 32.1 Å². The molecule has 3 aliphatic heterocycles. The third-order valence-corrected chi connectivity index (χ3v) is 7.45. The normalized spacial score (nSPS) is 23.6. The predicted octanol–water partition coefficient (Wildman–Crippen LogP) is 2.57. The van der Waals surface area contributed by atoms with Crippen LogP contribution in [-0.4, -0.2) is 71.3 Å². The van der Waals surface area contributed by atoms with E-state index in [-0.39, 0.29) is 42.8 Å². The number of ether oxygens (including phenoxy) is 2. The Labute approximate surface area is 206 Å². The lowest BCUT2D eigenvalue weighted by molar-refractivity contribution is -0.163. The largest absolute Gasteiger partial charge is 0.460 e. The van der Waals surface area contributed by atoms with Crippen molar-refractivity contribution in [3.05, 3.63) is 30.6 Å². The fourth-order valence-electron chi connectivity index (χ4n) is 5.48. The van der Waals surface area contributed by atoms with E-state index in [1.54, 1.807) is 7.11 Å². The van der Waals surface area contributed by atoms with E-state index in [0.717, 1.165) is 24.1 Å². The van der Waals surface area contributed by atoms with Crippen molar-refractivity contribution in [1.82, 2.24) is 19.8 Å². The second-order valence-electron chi connectivity index (χ2n) is 9.14. The first kappa shape index (κ1) is 25.7. The smallest absolute Gasteiger partial charge is 0.312 e. The number of nitrogens with one attached hydrogen (secondary N) is 1. The van der Waals surface area contributed by atoms with Crippen LogP contribution in [0, 0.1) is 5.41 Å². The predicted molar refractivity (Wildman–Crippen MR) is 129 cm³/mol. The zero-order valence-electron chi connectivity index (χ0n) is 18.8. The van der Waals surface area contributed by atoms with Crippen molar-refractivity contribution >= 4 is 47.7 Å². The molecule has 0 aliphatic carbocycles. The standard InChI is InChI=1S/C23H30N4O4.2ClH/c1-30-23(6-10-24-11-7-23)20(28)26-12-8-22(9-13-26)14-17(31-21(22)29)15-27-16-25-18-4-2-3-5-19(18)27;;/h2-5,16-17,24H,6-15H2,1H3;2*1H. The highest BCUT2D eigenvalue weighted by Crippen LogP contribution is 2.44. The summed E-state index contributed by atoms with van der Waals surface area (Å²) in [6.45, 7) is 3.33. The number of methoxy groups -OCH3 is 1. The average molecular weight is 499 g/mol. The van der Waals surface area contributed by atoms with Gasteiger partial charge in [0.2, 0.25) is 0 Å². The Morgan fingerprint density at radius 2 is 1.88 bits per heavy atom. The second kappa shape index (κ2) is 10.2. The number of imidazole rings is 1. The molecule has 10 heteroatoms. The number of cyclic esters (lactones) is 1. The molecule has 3 saturated heterocycles. The number of benzene rings is 1. The van der Waals surface area contributed by atoms with Crippen LogP contribution in [0.15, 0.2) is 30.6 Å². The molecule has 33 heavy (non-hydrogen) atoms. The van der Waals surface area contributed by atoms with Crippen molar-refractivity contribution in [2.45, 2.75) is 50.4 Å². The molecule has 0 radical (unpaired) electrons. The number of carbonyl (C=O) groups is 2. The third-order valence-electron chi connectivity index (χ3n) is 7.45. The van der Waals surface area contributed by atoms with Crippen LogP contribution in [0.25, 0.3) is 11.0 Å². The van der Waals surface area contributed by atoms with E-state index < -0.39 is 11.0 Å². The maximum absolute atomic E-state index is 13.2. The highest BCUT2D eigenvalue weighted by atomic mass is 35.5. The highest BCUT2D eigenvalue weighted by Gasteiger charge is 2.52. The van der Waals surface area contributed by atoms with E-state index in [4.69, 9.17) is 9.47 Å². The summed E-state index contributed by atoms with van der Waals surface area (Å²) < 4.78 is 13.6. The van der Waals surface area contributed by atoms with E-state index >= 15 is 0 Å². The quantitative estimate of drug-likeness (QED) is 0.651. The van der Waals surface area contributed by atoms with Gasteiger partial charge < -0.3 is 24.3 Å². The molecule has 1 aromatic heterocycles. The lowest BCUT2D eigenvalue weighted by atomic mass is 9.75. The Hall–Kier alpha value is -1.87. The number of fused-ring (bicyclic) bond motifs is 1. The molecule has 1 N–H and O–H groups in total. The summed E-state index contributed by atoms with van der Waals surface area (Å²) in [6, 6.07) is 7.97. The molecule has 1 unspecified atom stereocenters. The van der Waals surface area contributed by atoms with Crippen molar-refractivity contribution in [3.63, 3.8) is 0 Å². The Bertz CT molecular complexity index is 984. The molecule has 4 heterocycles. The summed E-state index contributed by atoms with van der Waals surface area (Å²) >= 11 is 0. The number of halogens is 2. The number of esters is 1. The fraction of sp³-hybridized carbons (Fsp3) is 0.609. The van der Waals surface area contributed by atoms with Gasteiger partial charge in [-0.25, -0.2) is 4.98 Å². The van der Waals surface area contributed by atoms with Crippen molar-refractivity contribution in [1.29, 1.82) is 0 Å². The molecule has 1 aromatic carbocycles. The number of hydrogen-bond donors (Lipinski definition) is 1. The number of likely N-dealkylation sites (tertiary alicyclic amines) is 1. The summed E-state index contributed by atoms with van der Waals surface area (Å²) in [5.41, 5.74) is 0.786. The van der Waals surface area contributed by atoms with Gasteiger partial charge in [-0.05, 0) is 50.9 Å². The van der Waals surface area contributed by atoms with Gasteiger partial charge in [0.15, 0.2) is 0 Å². The van der Waals surface area contributed by atoms with Gasteiger partial charge in [0.1, 0.15) is 11.7 Å². The van der Waals surface area contributed by atoms with Crippen LogP contribution >= 0.6 is 24.8 Å². The maximum atomic E-state index is 13.2. The van der Waals surface area contributed by atoms with Crippen LogP contribution in [0.4, 0.5) is 0 Å². The number of amides is 1. The monoisotopic (exact) mass is 498 g/mol. The van der Waals surface area contributed by atoms with Crippen LogP contribution in [0.3, 0.4) is 0 Å². The zero-order chi connectivity index (χ0) is 21.5. The van der Waals surface area contributed by atoms with E-state index in [1.165, 1.54) is 0 Å². The highest BCUT2D eigenvalue weighted by molar-refractivity contribution is 5.86. The summed E-state index contributed by atoms with van der Waals surface area (Å²) in [4.78, 5) is 32.4. The number of hydrogen-bond acceptors (Lipinski definition) is 6. The molecule has 2 aromatic rings. The van der Waals surface area contributed by atoms with Gasteiger partial charge in [0, 0.05) is 26.6 Å². The van der Waals surface area contributed by atoms with Crippen molar-refractivity contribution in [2.24, 2.45) is 5.41 Å². The number of carbonyl (C=O) groups excluding carboxylic acids is 2. The molecule has 3 aliphatic rings. The number of aromatic nitrogens is 2. The Morgan fingerprint density at radius 1 is 1.18 bits per heavy atom. The first-order chi connectivity index (χ1) is 15.1. The third kappa shape index (κ3) is 4.58. The molecular weight excluding hydrogens is 467 g/mol. The van der Waals surface area contributed by atoms with Crippen molar-refractivity contribution in [2.75, 3.05) is 33.3 Å². The summed E-state index contributed by atoms with van der Waals surface area (Å²) in [7, 11) is 1.63. The van der Waals surface area contributed by atoms with E-state index in [1.807, 2.05) is 35.5 Å². The first-order valence-corrected chi connectivity index (χ1v) is 11.2. The van der Waals surface area contributed by atoms with Gasteiger partial charge in [-0.15, -0.1) is 24.8 Å². The maximum Gasteiger partial charge on any atom is 0.312 e. The Morgan fingerprint density at radius 3 is 2.58 bits per heavy atom. The number of nitrogens with zero attached hydrogens (tertiary/aromatic N) is 3. The van der Waals surface area contributed by atoms with Gasteiger partial charge in [-0.2, -0.15) is 0 Å². The van der Waals surface area contributed by atoms with Gasteiger partial charge in [-0.3, -0.25) is 9.59 Å². The number of rotatable bonds is 4. The summed E-state index contributed by atoms with van der Waals surface area (Å²) in [5.74, 6) is -0.0449. The summed E-state index contributed by atoms with van der Waals surface area (Å²) in [5, 5.41) is 3.29. The Balaban J connectivity index is 0.00000153. The number of para-hydroxylation sites is 2. The van der Waals surface area contributed by atoms with Crippen LogP contribution in [0.5, 0.6) is 0 Å². The minimum Gasteiger partial charge on any atom is -0.460 e. The van der Waals surface area contributed by atoms with Gasteiger partial charge in [0.05, 0.1) is 29.3 Å². The molecule has 1 spiro atoms. The Kier molecular flexibility index (Phi) is 7.94. The molecule has 1 amide bonds. The van der Waals surface area contributed by atoms with Crippen molar-refractivity contribution < 1.29 is 19.1 Å². The lowest BCUT2D eigenvalue weighted by Crippen LogP contribution is -2.57. The second-order valence-corrected chi connectivity index (χ2v) is 9.14. The van der Waals surface area contributed by atoms with Gasteiger partial charge >= 0.3 is 5.97 Å². The lowest BCUT2D eigenvalue weighted by Gasteiger charge is -2.43. The number of piperidine rings is 2. The fourth-order valence-corrected chi connectivity index (χ4v) is 5.48. The van der Waals surface area contributed by atoms with Crippen LogP contribution in [0.2, 0.25) is 0 Å². The molecule has 3 fully saturated rings. The first-order valence-electron chi connectivity index (χ1n) is 11.2. The average Bonchev–Trinajstić information content (AvgIpc) is 3.35. The molecule has 1 atom stereocenters. The summed E-state index contributed by atoms with van der Waals surface area (Å²) in [6.07, 6.45) is 5.02. The molecule has 0 bridgehead atoms. The minimum atomic E-state index is -0.725. The molecular formula is C23H32Cl2N4O4. The van der Waals surface area contributed by atoms with Gasteiger partial charge in [-0.1, -0.05) is 12.1 Å². The van der Waals surface area contributed by atoms with E-state index in [9.17, 15) is 9.59 Å². The molecule has 8 nitrogen and oxygen atoms in total.